The van der Waals surface area contributed by atoms with Gasteiger partial charge in [0.15, 0.2) is 6.17 Å². The standard InChI is InChI=1S/C5H11FN2O/c1-3-4(6)5(9)8(2)7/h4H,3,7H2,1-2H3. The first-order chi connectivity index (χ1) is 4.09. The van der Waals surface area contributed by atoms with Crippen molar-refractivity contribution in [3.8, 4) is 0 Å². The minimum Gasteiger partial charge on any atom is -0.281 e. The number of carbonyl (C=O) groups is 1. The van der Waals surface area contributed by atoms with Gasteiger partial charge in [-0.2, -0.15) is 0 Å². The molecule has 1 atom stereocenters. The summed E-state index contributed by atoms with van der Waals surface area (Å²) in [6, 6.07) is 0. The van der Waals surface area contributed by atoms with Gasteiger partial charge in [0.05, 0.1) is 0 Å². The van der Waals surface area contributed by atoms with Crippen LogP contribution in [0.5, 0.6) is 0 Å². The molecule has 0 spiro atoms. The fraction of sp³-hybridized carbons (Fsp3) is 0.800. The predicted molar refractivity (Wildman–Crippen MR) is 32.1 cm³/mol. The van der Waals surface area contributed by atoms with Crippen LogP contribution in [0.4, 0.5) is 4.39 Å². The van der Waals surface area contributed by atoms with Crippen LogP contribution in [-0.4, -0.2) is 24.1 Å². The molecule has 0 aromatic heterocycles. The molecule has 0 aliphatic carbocycles. The highest BCUT2D eigenvalue weighted by atomic mass is 19.1. The molecule has 2 N–H and O–H groups in total. The summed E-state index contributed by atoms with van der Waals surface area (Å²) < 4.78 is 12.3. The van der Waals surface area contributed by atoms with Crippen molar-refractivity contribution in [3.05, 3.63) is 0 Å². The average molecular weight is 134 g/mol. The third-order valence-corrected chi connectivity index (χ3v) is 0.974. The third kappa shape index (κ3) is 2.41. The topological polar surface area (TPSA) is 46.3 Å². The Morgan fingerprint density at radius 2 is 2.33 bits per heavy atom. The molecule has 0 saturated heterocycles. The maximum Gasteiger partial charge on any atom is 0.270 e. The first-order valence-electron chi connectivity index (χ1n) is 2.76. The number of halogens is 1. The number of nitrogens with two attached hydrogens (primary N) is 1. The van der Waals surface area contributed by atoms with Crippen LogP contribution in [0.1, 0.15) is 13.3 Å². The Labute approximate surface area is 53.6 Å². The monoisotopic (exact) mass is 134 g/mol. The van der Waals surface area contributed by atoms with E-state index in [0.717, 1.165) is 5.01 Å². The zero-order valence-electron chi connectivity index (χ0n) is 5.60. The van der Waals surface area contributed by atoms with Gasteiger partial charge in [-0.05, 0) is 6.42 Å². The second-order valence-electron chi connectivity index (χ2n) is 1.82. The summed E-state index contributed by atoms with van der Waals surface area (Å²) in [5.74, 6) is 4.29. The van der Waals surface area contributed by atoms with E-state index in [1.54, 1.807) is 6.92 Å². The molecule has 0 aromatic carbocycles. The molecule has 1 unspecified atom stereocenters. The smallest absolute Gasteiger partial charge is 0.270 e. The normalized spacial score (nSPS) is 12.9. The van der Waals surface area contributed by atoms with Crippen molar-refractivity contribution in [1.29, 1.82) is 0 Å². The molecule has 3 nitrogen and oxygen atoms in total. The van der Waals surface area contributed by atoms with Crippen LogP contribution in [0.25, 0.3) is 0 Å². The zero-order valence-corrected chi connectivity index (χ0v) is 5.60. The molecule has 0 fully saturated rings. The molecular formula is C5H11FN2O. The van der Waals surface area contributed by atoms with Crippen molar-refractivity contribution in [2.24, 2.45) is 5.84 Å². The van der Waals surface area contributed by atoms with Crippen LogP contribution in [0, 0.1) is 0 Å². The second kappa shape index (κ2) is 3.40. The fourth-order valence-electron chi connectivity index (χ4n) is 0.396. The maximum atomic E-state index is 12.3. The van der Waals surface area contributed by atoms with Crippen LogP contribution in [0.3, 0.4) is 0 Å². The summed E-state index contributed by atoms with van der Waals surface area (Å²) in [6.45, 7) is 1.59. The van der Waals surface area contributed by atoms with Gasteiger partial charge in [0, 0.05) is 7.05 Å². The predicted octanol–water partition coefficient (Wildman–Crippen LogP) is 0.0666. The first kappa shape index (κ1) is 8.36. The average Bonchev–Trinajstić information content (AvgIpc) is 1.84. The molecule has 1 amide bonds. The van der Waals surface area contributed by atoms with Gasteiger partial charge in [-0.25, -0.2) is 10.2 Å². The zero-order chi connectivity index (χ0) is 7.44. The number of hydrazine groups is 1. The molecule has 0 heterocycles. The largest absolute Gasteiger partial charge is 0.281 e. The number of amides is 1. The quantitative estimate of drug-likeness (QED) is 0.330. The van der Waals surface area contributed by atoms with E-state index in [4.69, 9.17) is 5.84 Å². The Bertz CT molecular complexity index is 105. The van der Waals surface area contributed by atoms with Crippen LogP contribution >= 0.6 is 0 Å². The number of carbonyl (C=O) groups excluding carboxylic acids is 1. The highest BCUT2D eigenvalue weighted by Crippen LogP contribution is 1.97. The molecule has 0 saturated carbocycles. The van der Waals surface area contributed by atoms with Gasteiger partial charge in [0.1, 0.15) is 0 Å². The van der Waals surface area contributed by atoms with E-state index in [9.17, 15) is 9.18 Å². The molecule has 54 valence electrons. The Morgan fingerprint density at radius 1 is 1.89 bits per heavy atom. The summed E-state index contributed by atoms with van der Waals surface area (Å²) in [5, 5.41) is 0.758. The Hall–Kier alpha value is -0.640. The first-order valence-corrected chi connectivity index (χ1v) is 2.76. The lowest BCUT2D eigenvalue weighted by Crippen LogP contribution is -2.38. The van der Waals surface area contributed by atoms with E-state index in [1.807, 2.05) is 0 Å². The Kier molecular flexibility index (Phi) is 3.16. The summed E-state index contributed by atoms with van der Waals surface area (Å²) in [4.78, 5) is 10.5. The summed E-state index contributed by atoms with van der Waals surface area (Å²) >= 11 is 0. The van der Waals surface area contributed by atoms with E-state index < -0.39 is 12.1 Å². The molecule has 4 heteroatoms. The summed E-state index contributed by atoms with van der Waals surface area (Å²) in [5.41, 5.74) is 0. The number of rotatable bonds is 2. The fourth-order valence-corrected chi connectivity index (χ4v) is 0.396. The van der Waals surface area contributed by atoms with Crippen LogP contribution < -0.4 is 5.84 Å². The molecule has 9 heavy (non-hydrogen) atoms. The number of hydrogen-bond acceptors (Lipinski definition) is 2. The van der Waals surface area contributed by atoms with Crippen LogP contribution in [0.2, 0.25) is 0 Å². The van der Waals surface area contributed by atoms with Crippen molar-refractivity contribution in [1.82, 2.24) is 5.01 Å². The summed E-state index contributed by atoms with van der Waals surface area (Å²) in [6.07, 6.45) is -1.26. The Morgan fingerprint density at radius 3 is 2.44 bits per heavy atom. The van der Waals surface area contributed by atoms with Crippen molar-refractivity contribution in [3.63, 3.8) is 0 Å². The Balaban J connectivity index is 3.73. The molecule has 0 aromatic rings. The van der Waals surface area contributed by atoms with E-state index in [2.05, 4.69) is 0 Å². The van der Waals surface area contributed by atoms with Gasteiger partial charge < -0.3 is 0 Å². The maximum absolute atomic E-state index is 12.3. The number of hydrogen-bond donors (Lipinski definition) is 1. The lowest BCUT2D eigenvalue weighted by atomic mass is 10.3. The minimum atomic E-state index is -1.44. The van der Waals surface area contributed by atoms with E-state index >= 15 is 0 Å². The minimum absolute atomic E-state index is 0.181. The molecule has 0 aliphatic rings. The van der Waals surface area contributed by atoms with Gasteiger partial charge in [-0.1, -0.05) is 6.92 Å². The van der Waals surface area contributed by atoms with Crippen molar-refractivity contribution in [2.75, 3.05) is 7.05 Å². The van der Waals surface area contributed by atoms with Gasteiger partial charge in [-0.15, -0.1) is 0 Å². The highest BCUT2D eigenvalue weighted by Gasteiger charge is 2.16. The lowest BCUT2D eigenvalue weighted by molar-refractivity contribution is -0.135. The lowest BCUT2D eigenvalue weighted by Gasteiger charge is -2.11. The van der Waals surface area contributed by atoms with Gasteiger partial charge in [0.25, 0.3) is 5.91 Å². The van der Waals surface area contributed by atoms with Crippen LogP contribution in [-0.2, 0) is 4.79 Å². The summed E-state index contributed by atoms with van der Waals surface area (Å²) in [7, 11) is 1.32. The second-order valence-corrected chi connectivity index (χ2v) is 1.82. The number of nitrogens with zero attached hydrogens (tertiary/aromatic N) is 1. The SMILES string of the molecule is CCC(F)C(=O)N(C)N. The molecule has 0 aliphatic heterocycles. The van der Waals surface area contributed by atoms with E-state index in [0.29, 0.717) is 0 Å². The number of alkyl halides is 1. The van der Waals surface area contributed by atoms with Crippen molar-refractivity contribution in [2.45, 2.75) is 19.5 Å². The van der Waals surface area contributed by atoms with E-state index in [1.165, 1.54) is 7.05 Å². The molecule has 0 bridgehead atoms. The van der Waals surface area contributed by atoms with E-state index in [-0.39, 0.29) is 6.42 Å². The van der Waals surface area contributed by atoms with Gasteiger partial charge >= 0.3 is 0 Å². The van der Waals surface area contributed by atoms with Crippen molar-refractivity contribution >= 4 is 5.91 Å². The molecule has 0 rings (SSSR count). The van der Waals surface area contributed by atoms with Crippen LogP contribution in [0.15, 0.2) is 0 Å². The third-order valence-electron chi connectivity index (χ3n) is 0.974. The molecular weight excluding hydrogens is 123 g/mol. The molecule has 0 radical (unpaired) electrons. The van der Waals surface area contributed by atoms with Crippen molar-refractivity contribution < 1.29 is 9.18 Å². The van der Waals surface area contributed by atoms with Gasteiger partial charge in [-0.3, -0.25) is 9.80 Å². The van der Waals surface area contributed by atoms with Gasteiger partial charge in [0.2, 0.25) is 0 Å². The highest BCUT2D eigenvalue weighted by molar-refractivity contribution is 5.79.